The van der Waals surface area contributed by atoms with Gasteiger partial charge in [0.25, 0.3) is 0 Å². The van der Waals surface area contributed by atoms with Crippen LogP contribution in [0.25, 0.3) is 0 Å². The normalized spacial score (nSPS) is 10.5. The van der Waals surface area contributed by atoms with Crippen molar-refractivity contribution < 1.29 is 0 Å². The third kappa shape index (κ3) is 3.08. The van der Waals surface area contributed by atoms with E-state index in [4.69, 9.17) is 5.73 Å². The van der Waals surface area contributed by atoms with Crippen molar-refractivity contribution in [1.29, 1.82) is 0 Å². The topological polar surface area (TPSA) is 29.3 Å². The number of rotatable bonds is 3. The maximum Gasteiger partial charge on any atom is 0.0446 e. The molecule has 2 rings (SSSR count). The van der Waals surface area contributed by atoms with Crippen LogP contribution < -0.4 is 10.6 Å². The lowest BCUT2D eigenvalue weighted by atomic mass is 10.1. The summed E-state index contributed by atoms with van der Waals surface area (Å²) in [6.45, 7) is 7.20. The number of hydrogen-bond acceptors (Lipinski definition) is 2. The summed E-state index contributed by atoms with van der Waals surface area (Å²) in [5.74, 6) is 0. The molecule has 0 atom stereocenters. The minimum atomic E-state index is 0.831. The summed E-state index contributed by atoms with van der Waals surface area (Å²) in [7, 11) is 2.11. The number of hydrogen-bond donors (Lipinski definition) is 1. The summed E-state index contributed by atoms with van der Waals surface area (Å²) < 4.78 is 0. The number of anilines is 2. The smallest absolute Gasteiger partial charge is 0.0446 e. The predicted molar refractivity (Wildman–Crippen MR) is 83.6 cm³/mol. The molecule has 0 aromatic heterocycles. The molecule has 0 bridgehead atoms. The molecule has 2 aromatic carbocycles. The second kappa shape index (κ2) is 5.35. The van der Waals surface area contributed by atoms with Crippen LogP contribution in [0, 0.1) is 20.8 Å². The molecule has 0 fully saturated rings. The fourth-order valence-corrected chi connectivity index (χ4v) is 2.45. The first kappa shape index (κ1) is 13.5. The molecule has 2 nitrogen and oxygen atoms in total. The zero-order valence-corrected chi connectivity index (χ0v) is 12.2. The molecule has 0 unspecified atom stereocenters. The monoisotopic (exact) mass is 254 g/mol. The number of nitrogens with two attached hydrogens (primary N) is 1. The predicted octanol–water partition coefficient (Wildman–Crippen LogP) is 3.83. The van der Waals surface area contributed by atoms with Crippen molar-refractivity contribution in [2.24, 2.45) is 0 Å². The molecule has 0 saturated heterocycles. The largest absolute Gasteiger partial charge is 0.398 e. The highest BCUT2D eigenvalue weighted by Gasteiger charge is 2.07. The van der Waals surface area contributed by atoms with E-state index in [-0.39, 0.29) is 0 Å². The van der Waals surface area contributed by atoms with E-state index in [1.807, 2.05) is 6.07 Å². The number of aryl methyl sites for hydroxylation is 3. The van der Waals surface area contributed by atoms with Crippen LogP contribution in [-0.4, -0.2) is 7.05 Å². The van der Waals surface area contributed by atoms with E-state index in [2.05, 4.69) is 63.1 Å². The van der Waals surface area contributed by atoms with Gasteiger partial charge < -0.3 is 10.6 Å². The van der Waals surface area contributed by atoms with E-state index >= 15 is 0 Å². The minimum absolute atomic E-state index is 0.831. The van der Waals surface area contributed by atoms with E-state index in [0.29, 0.717) is 0 Å². The molecule has 0 radical (unpaired) electrons. The van der Waals surface area contributed by atoms with Crippen LogP contribution in [0.2, 0.25) is 0 Å². The van der Waals surface area contributed by atoms with Gasteiger partial charge in [0.1, 0.15) is 0 Å². The molecule has 0 aliphatic heterocycles. The highest BCUT2D eigenvalue weighted by Crippen LogP contribution is 2.23. The maximum absolute atomic E-state index is 6.05. The minimum Gasteiger partial charge on any atom is -0.398 e. The van der Waals surface area contributed by atoms with Crippen molar-refractivity contribution in [3.63, 3.8) is 0 Å². The van der Waals surface area contributed by atoms with Gasteiger partial charge in [-0.05, 0) is 44.0 Å². The van der Waals surface area contributed by atoms with Crippen molar-refractivity contribution in [3.05, 3.63) is 58.7 Å². The van der Waals surface area contributed by atoms with Crippen LogP contribution in [0.4, 0.5) is 11.4 Å². The van der Waals surface area contributed by atoms with Gasteiger partial charge in [-0.1, -0.05) is 35.4 Å². The number of nitrogen functional groups attached to an aromatic ring is 1. The molecule has 0 aliphatic carbocycles. The number of nitrogens with zero attached hydrogens (tertiary/aromatic N) is 1. The maximum atomic E-state index is 6.05. The lowest BCUT2D eigenvalue weighted by Crippen LogP contribution is -2.18. The molecule has 2 aromatic rings. The van der Waals surface area contributed by atoms with Gasteiger partial charge in [0.2, 0.25) is 0 Å². The van der Waals surface area contributed by atoms with E-state index in [1.165, 1.54) is 27.9 Å². The Morgan fingerprint density at radius 1 is 0.947 bits per heavy atom. The average molecular weight is 254 g/mol. The second-order valence-electron chi connectivity index (χ2n) is 5.35. The van der Waals surface area contributed by atoms with Gasteiger partial charge in [-0.25, -0.2) is 0 Å². The van der Waals surface area contributed by atoms with Gasteiger partial charge in [0, 0.05) is 25.0 Å². The molecule has 0 aliphatic rings. The van der Waals surface area contributed by atoms with E-state index in [1.54, 1.807) is 0 Å². The Labute approximate surface area is 115 Å². The highest BCUT2D eigenvalue weighted by atomic mass is 15.1. The van der Waals surface area contributed by atoms with Gasteiger partial charge in [-0.3, -0.25) is 0 Å². The van der Waals surface area contributed by atoms with Gasteiger partial charge in [-0.15, -0.1) is 0 Å². The molecule has 0 heterocycles. The molecule has 0 spiro atoms. The molecule has 2 N–H and O–H groups in total. The van der Waals surface area contributed by atoms with Crippen molar-refractivity contribution >= 4 is 11.4 Å². The van der Waals surface area contributed by atoms with Crippen molar-refractivity contribution in [3.8, 4) is 0 Å². The standard InChI is InChI=1S/C17H22N2/c1-12-6-8-17(14(3)9-12)19(4)11-15-10-13(2)5-7-16(15)18/h5-10H,11,18H2,1-4H3. The van der Waals surface area contributed by atoms with E-state index in [9.17, 15) is 0 Å². The quantitative estimate of drug-likeness (QED) is 0.843. The third-order valence-electron chi connectivity index (χ3n) is 3.47. The van der Waals surface area contributed by atoms with Gasteiger partial charge >= 0.3 is 0 Å². The zero-order chi connectivity index (χ0) is 14.0. The Balaban J connectivity index is 2.25. The van der Waals surface area contributed by atoms with Crippen LogP contribution in [-0.2, 0) is 6.54 Å². The SMILES string of the molecule is Cc1ccc(N(C)Cc2cc(C)ccc2N)c(C)c1. The molecule has 19 heavy (non-hydrogen) atoms. The molecular formula is C17H22N2. The Morgan fingerprint density at radius 3 is 2.26 bits per heavy atom. The van der Waals surface area contributed by atoms with E-state index < -0.39 is 0 Å². The highest BCUT2D eigenvalue weighted by molar-refractivity contribution is 5.56. The van der Waals surface area contributed by atoms with Crippen LogP contribution in [0.1, 0.15) is 22.3 Å². The first-order valence-electron chi connectivity index (χ1n) is 6.61. The summed E-state index contributed by atoms with van der Waals surface area (Å²) in [4.78, 5) is 2.25. The Morgan fingerprint density at radius 2 is 1.58 bits per heavy atom. The van der Waals surface area contributed by atoms with Crippen LogP contribution in [0.5, 0.6) is 0 Å². The Hall–Kier alpha value is -1.96. The summed E-state index contributed by atoms with van der Waals surface area (Å²) >= 11 is 0. The third-order valence-corrected chi connectivity index (χ3v) is 3.47. The second-order valence-corrected chi connectivity index (χ2v) is 5.35. The van der Waals surface area contributed by atoms with Crippen molar-refractivity contribution in [2.45, 2.75) is 27.3 Å². The average Bonchev–Trinajstić information content (AvgIpc) is 2.33. The fourth-order valence-electron chi connectivity index (χ4n) is 2.45. The zero-order valence-electron chi connectivity index (χ0n) is 12.2. The lowest BCUT2D eigenvalue weighted by Gasteiger charge is -2.23. The molecule has 0 amide bonds. The van der Waals surface area contributed by atoms with Gasteiger partial charge in [0.15, 0.2) is 0 Å². The molecule has 0 saturated carbocycles. The fraction of sp³-hybridized carbons (Fsp3) is 0.294. The first-order valence-corrected chi connectivity index (χ1v) is 6.61. The van der Waals surface area contributed by atoms with E-state index in [0.717, 1.165) is 12.2 Å². The van der Waals surface area contributed by atoms with Crippen LogP contribution >= 0.6 is 0 Å². The molecular weight excluding hydrogens is 232 g/mol. The van der Waals surface area contributed by atoms with Gasteiger partial charge in [0.05, 0.1) is 0 Å². The lowest BCUT2D eigenvalue weighted by molar-refractivity contribution is 0.917. The molecule has 2 heteroatoms. The Kier molecular flexibility index (Phi) is 3.79. The van der Waals surface area contributed by atoms with Crippen LogP contribution in [0.3, 0.4) is 0 Å². The van der Waals surface area contributed by atoms with Crippen LogP contribution in [0.15, 0.2) is 36.4 Å². The van der Waals surface area contributed by atoms with Crippen molar-refractivity contribution in [2.75, 3.05) is 17.7 Å². The summed E-state index contributed by atoms with van der Waals surface area (Å²) in [5.41, 5.74) is 13.2. The first-order chi connectivity index (χ1) is 8.97. The summed E-state index contributed by atoms with van der Waals surface area (Å²) in [6, 6.07) is 12.7. The van der Waals surface area contributed by atoms with Gasteiger partial charge in [-0.2, -0.15) is 0 Å². The molecule has 100 valence electrons. The summed E-state index contributed by atoms with van der Waals surface area (Å²) in [6.07, 6.45) is 0. The summed E-state index contributed by atoms with van der Waals surface area (Å²) in [5, 5.41) is 0. The van der Waals surface area contributed by atoms with Crippen molar-refractivity contribution in [1.82, 2.24) is 0 Å². The number of benzene rings is 2. The Bertz CT molecular complexity index is 588.